The molecule has 0 aliphatic carbocycles. The number of hydrogen-bond acceptors (Lipinski definition) is 1. The Morgan fingerprint density at radius 3 is 2.61 bits per heavy atom. The van der Waals surface area contributed by atoms with Gasteiger partial charge in [-0.2, -0.15) is 0 Å². The largest absolute Gasteiger partial charge is 0.300 e. The molecule has 0 saturated heterocycles. The van der Waals surface area contributed by atoms with Gasteiger partial charge in [-0.05, 0) is 36.1 Å². The standard InChI is InChI=1S/C16H17ClO/c1-12(18)14(9-10-17)11-15-7-4-6-13-5-2-3-8-16(13)15/h2-8,14H,9-11H2,1H3. The summed E-state index contributed by atoms with van der Waals surface area (Å²) >= 11 is 5.77. The van der Waals surface area contributed by atoms with E-state index in [4.69, 9.17) is 11.6 Å². The molecule has 18 heavy (non-hydrogen) atoms. The molecule has 1 nitrogen and oxygen atoms in total. The number of alkyl halides is 1. The van der Waals surface area contributed by atoms with Crippen molar-refractivity contribution in [2.75, 3.05) is 5.88 Å². The minimum atomic E-state index is 0.0355. The lowest BCUT2D eigenvalue weighted by Crippen LogP contribution is -2.14. The zero-order chi connectivity index (χ0) is 13.0. The fraction of sp³-hybridized carbons (Fsp3) is 0.312. The van der Waals surface area contributed by atoms with E-state index in [1.54, 1.807) is 6.92 Å². The summed E-state index contributed by atoms with van der Waals surface area (Å²) in [6.07, 6.45) is 1.53. The zero-order valence-electron chi connectivity index (χ0n) is 10.5. The maximum absolute atomic E-state index is 11.6. The number of carbonyl (C=O) groups excluding carboxylic acids is 1. The Hall–Kier alpha value is -1.34. The van der Waals surface area contributed by atoms with E-state index in [0.29, 0.717) is 5.88 Å². The van der Waals surface area contributed by atoms with Crippen molar-refractivity contribution in [1.29, 1.82) is 0 Å². The van der Waals surface area contributed by atoms with Gasteiger partial charge in [-0.25, -0.2) is 0 Å². The van der Waals surface area contributed by atoms with Crippen LogP contribution in [0.1, 0.15) is 18.9 Å². The van der Waals surface area contributed by atoms with E-state index in [2.05, 4.69) is 30.3 Å². The number of Topliss-reactive ketones (excluding diaryl/α,β-unsaturated/α-hetero) is 1. The van der Waals surface area contributed by atoms with Gasteiger partial charge in [-0.3, -0.25) is 4.79 Å². The first-order valence-electron chi connectivity index (χ1n) is 6.25. The SMILES string of the molecule is CC(=O)C(CCCl)Cc1cccc2ccccc12. The number of rotatable bonds is 5. The third kappa shape index (κ3) is 2.91. The van der Waals surface area contributed by atoms with Crippen molar-refractivity contribution in [3.05, 3.63) is 48.0 Å². The average Bonchev–Trinajstić information content (AvgIpc) is 2.38. The van der Waals surface area contributed by atoms with Crippen molar-refractivity contribution in [3.63, 3.8) is 0 Å². The molecule has 0 aliphatic heterocycles. The first-order chi connectivity index (χ1) is 8.72. The summed E-state index contributed by atoms with van der Waals surface area (Å²) in [6, 6.07) is 14.5. The molecule has 94 valence electrons. The highest BCUT2D eigenvalue weighted by Gasteiger charge is 2.15. The molecule has 0 bridgehead atoms. The van der Waals surface area contributed by atoms with Gasteiger partial charge in [0.2, 0.25) is 0 Å². The monoisotopic (exact) mass is 260 g/mol. The Bertz CT molecular complexity index is 542. The summed E-state index contributed by atoms with van der Waals surface area (Å²) in [5.74, 6) is 0.798. The Morgan fingerprint density at radius 2 is 1.89 bits per heavy atom. The lowest BCUT2D eigenvalue weighted by molar-refractivity contribution is -0.120. The van der Waals surface area contributed by atoms with Crippen molar-refractivity contribution < 1.29 is 4.79 Å². The van der Waals surface area contributed by atoms with Crippen LogP contribution in [0.15, 0.2) is 42.5 Å². The van der Waals surface area contributed by atoms with Crippen LogP contribution < -0.4 is 0 Å². The van der Waals surface area contributed by atoms with Crippen molar-refractivity contribution in [2.45, 2.75) is 19.8 Å². The van der Waals surface area contributed by atoms with Gasteiger partial charge in [-0.1, -0.05) is 42.5 Å². The minimum Gasteiger partial charge on any atom is -0.300 e. The summed E-state index contributed by atoms with van der Waals surface area (Å²) in [5, 5.41) is 2.46. The number of hydrogen-bond donors (Lipinski definition) is 0. The molecule has 0 N–H and O–H groups in total. The molecule has 0 spiro atoms. The van der Waals surface area contributed by atoms with E-state index in [1.165, 1.54) is 16.3 Å². The molecule has 0 amide bonds. The van der Waals surface area contributed by atoms with E-state index >= 15 is 0 Å². The molecule has 0 heterocycles. The van der Waals surface area contributed by atoms with Crippen LogP contribution in [-0.2, 0) is 11.2 Å². The van der Waals surface area contributed by atoms with Crippen LogP contribution >= 0.6 is 11.6 Å². The van der Waals surface area contributed by atoms with Gasteiger partial charge < -0.3 is 0 Å². The van der Waals surface area contributed by atoms with Gasteiger partial charge in [0.1, 0.15) is 5.78 Å². The number of carbonyl (C=O) groups is 1. The minimum absolute atomic E-state index is 0.0355. The quantitative estimate of drug-likeness (QED) is 0.736. The maximum Gasteiger partial charge on any atom is 0.133 e. The number of benzene rings is 2. The third-order valence-electron chi connectivity index (χ3n) is 3.38. The average molecular weight is 261 g/mol. The zero-order valence-corrected chi connectivity index (χ0v) is 11.3. The molecule has 0 aromatic heterocycles. The normalized spacial score (nSPS) is 12.6. The summed E-state index contributed by atoms with van der Waals surface area (Å²) in [5.41, 5.74) is 1.23. The lowest BCUT2D eigenvalue weighted by Gasteiger charge is -2.14. The predicted molar refractivity (Wildman–Crippen MR) is 77.2 cm³/mol. The van der Waals surface area contributed by atoms with Crippen LogP contribution in [0.2, 0.25) is 0 Å². The van der Waals surface area contributed by atoms with Crippen LogP contribution in [0.5, 0.6) is 0 Å². The molecule has 2 rings (SSSR count). The van der Waals surface area contributed by atoms with Gasteiger partial charge in [0.25, 0.3) is 0 Å². The fourth-order valence-electron chi connectivity index (χ4n) is 2.32. The van der Waals surface area contributed by atoms with Crippen molar-refractivity contribution >= 4 is 28.2 Å². The van der Waals surface area contributed by atoms with E-state index in [-0.39, 0.29) is 11.7 Å². The summed E-state index contributed by atoms with van der Waals surface area (Å²) < 4.78 is 0. The molecule has 1 unspecified atom stereocenters. The molecule has 0 saturated carbocycles. The second-order valence-electron chi connectivity index (χ2n) is 4.63. The second kappa shape index (κ2) is 6.01. The molecule has 2 aromatic rings. The lowest BCUT2D eigenvalue weighted by atomic mass is 9.91. The number of halogens is 1. The summed E-state index contributed by atoms with van der Waals surface area (Å²) in [4.78, 5) is 11.6. The highest BCUT2D eigenvalue weighted by molar-refractivity contribution is 6.18. The Morgan fingerprint density at radius 1 is 1.17 bits per heavy atom. The van der Waals surface area contributed by atoms with E-state index < -0.39 is 0 Å². The smallest absolute Gasteiger partial charge is 0.133 e. The first kappa shape index (κ1) is 13.1. The van der Waals surface area contributed by atoms with Crippen LogP contribution in [0.4, 0.5) is 0 Å². The van der Waals surface area contributed by atoms with E-state index in [1.807, 2.05) is 12.1 Å². The topological polar surface area (TPSA) is 17.1 Å². The predicted octanol–water partition coefficient (Wildman–Crippen LogP) is 4.22. The molecule has 0 fully saturated rings. The van der Waals surface area contributed by atoms with Gasteiger partial charge in [0.05, 0.1) is 0 Å². The summed E-state index contributed by atoms with van der Waals surface area (Å²) in [7, 11) is 0. The van der Waals surface area contributed by atoms with Crippen molar-refractivity contribution in [3.8, 4) is 0 Å². The molecule has 2 heteroatoms. The van der Waals surface area contributed by atoms with Gasteiger partial charge in [0.15, 0.2) is 0 Å². The molecular formula is C16H17ClO. The molecule has 1 atom stereocenters. The Balaban J connectivity index is 2.33. The van der Waals surface area contributed by atoms with Crippen LogP contribution in [0, 0.1) is 5.92 Å². The highest BCUT2D eigenvalue weighted by atomic mass is 35.5. The molecule has 0 aliphatic rings. The highest BCUT2D eigenvalue weighted by Crippen LogP contribution is 2.23. The van der Waals surface area contributed by atoms with Gasteiger partial charge in [-0.15, -0.1) is 11.6 Å². The molecule has 2 aromatic carbocycles. The van der Waals surface area contributed by atoms with Crippen LogP contribution in [-0.4, -0.2) is 11.7 Å². The fourth-order valence-corrected chi connectivity index (χ4v) is 2.58. The number of fused-ring (bicyclic) bond motifs is 1. The number of ketones is 1. The van der Waals surface area contributed by atoms with Crippen molar-refractivity contribution in [1.82, 2.24) is 0 Å². The van der Waals surface area contributed by atoms with Crippen LogP contribution in [0.3, 0.4) is 0 Å². The summed E-state index contributed by atoms with van der Waals surface area (Å²) in [6.45, 7) is 1.66. The Kier molecular flexibility index (Phi) is 4.38. The first-order valence-corrected chi connectivity index (χ1v) is 6.79. The van der Waals surface area contributed by atoms with E-state index in [9.17, 15) is 4.79 Å². The Labute approximate surface area is 113 Å². The van der Waals surface area contributed by atoms with Crippen molar-refractivity contribution in [2.24, 2.45) is 5.92 Å². The van der Waals surface area contributed by atoms with E-state index in [0.717, 1.165) is 12.8 Å². The molecule has 0 radical (unpaired) electrons. The second-order valence-corrected chi connectivity index (χ2v) is 5.01. The van der Waals surface area contributed by atoms with Crippen LogP contribution in [0.25, 0.3) is 10.8 Å². The third-order valence-corrected chi connectivity index (χ3v) is 3.60. The van der Waals surface area contributed by atoms with Gasteiger partial charge >= 0.3 is 0 Å². The maximum atomic E-state index is 11.6. The van der Waals surface area contributed by atoms with Gasteiger partial charge in [0, 0.05) is 11.8 Å². The molecular weight excluding hydrogens is 244 g/mol.